The van der Waals surface area contributed by atoms with Crippen LogP contribution in [0.3, 0.4) is 0 Å². The molecule has 1 N–H and O–H groups in total. The molecule has 0 atom stereocenters. The van der Waals surface area contributed by atoms with Gasteiger partial charge >= 0.3 is 0 Å². The SMILES string of the molecule is CCC1CCC(C#N)(NS(=O)(=O)N2CCCCCC2)CC1. The van der Waals surface area contributed by atoms with Crippen molar-refractivity contribution in [2.24, 2.45) is 5.92 Å². The molecule has 0 aromatic heterocycles. The van der Waals surface area contributed by atoms with E-state index in [1.807, 2.05) is 0 Å². The third-order valence-electron chi connectivity index (χ3n) is 4.98. The van der Waals surface area contributed by atoms with Gasteiger partial charge in [-0.15, -0.1) is 0 Å². The monoisotopic (exact) mass is 313 g/mol. The Labute approximate surface area is 128 Å². The average Bonchev–Trinajstić information content (AvgIpc) is 2.77. The summed E-state index contributed by atoms with van der Waals surface area (Å²) in [4.78, 5) is 0. The van der Waals surface area contributed by atoms with Crippen LogP contribution in [0.1, 0.15) is 64.7 Å². The van der Waals surface area contributed by atoms with Crippen LogP contribution in [0, 0.1) is 17.2 Å². The van der Waals surface area contributed by atoms with Gasteiger partial charge in [0.05, 0.1) is 6.07 Å². The summed E-state index contributed by atoms with van der Waals surface area (Å²) in [6.45, 7) is 3.31. The highest BCUT2D eigenvalue weighted by molar-refractivity contribution is 7.87. The predicted molar refractivity (Wildman–Crippen MR) is 82.7 cm³/mol. The van der Waals surface area contributed by atoms with Crippen molar-refractivity contribution in [2.75, 3.05) is 13.1 Å². The zero-order chi connectivity index (χ0) is 15.3. The molecule has 0 spiro atoms. The normalized spacial score (nSPS) is 32.3. The molecule has 0 radical (unpaired) electrons. The number of hydrogen-bond acceptors (Lipinski definition) is 3. The molecule has 1 aliphatic carbocycles. The molecule has 21 heavy (non-hydrogen) atoms. The Morgan fingerprint density at radius 1 is 1.19 bits per heavy atom. The standard InChI is InChI=1S/C15H27N3O2S/c1-2-14-7-9-15(13-16,10-8-14)17-21(19,20)18-11-5-3-4-6-12-18/h14,17H,2-12H2,1H3. The Bertz CT molecular complexity index is 468. The molecule has 0 amide bonds. The summed E-state index contributed by atoms with van der Waals surface area (Å²) in [7, 11) is -3.54. The van der Waals surface area contributed by atoms with Gasteiger partial charge in [0.15, 0.2) is 0 Å². The lowest BCUT2D eigenvalue weighted by atomic mass is 9.77. The molecule has 1 saturated heterocycles. The largest absolute Gasteiger partial charge is 0.280 e. The van der Waals surface area contributed by atoms with Crippen LogP contribution in [0.15, 0.2) is 0 Å². The molecular weight excluding hydrogens is 286 g/mol. The van der Waals surface area contributed by atoms with Crippen LogP contribution in [0.2, 0.25) is 0 Å². The Hall–Kier alpha value is -0.640. The van der Waals surface area contributed by atoms with Crippen molar-refractivity contribution in [3.8, 4) is 6.07 Å². The quantitative estimate of drug-likeness (QED) is 0.867. The molecule has 2 rings (SSSR count). The molecule has 1 heterocycles. The highest BCUT2D eigenvalue weighted by Gasteiger charge is 2.40. The molecule has 1 aliphatic heterocycles. The van der Waals surface area contributed by atoms with E-state index >= 15 is 0 Å². The van der Waals surface area contributed by atoms with Crippen molar-refractivity contribution in [1.29, 1.82) is 5.26 Å². The number of hydrogen-bond donors (Lipinski definition) is 1. The van der Waals surface area contributed by atoms with Gasteiger partial charge in [-0.1, -0.05) is 26.2 Å². The van der Waals surface area contributed by atoms with Crippen molar-refractivity contribution < 1.29 is 8.42 Å². The zero-order valence-electron chi connectivity index (χ0n) is 13.0. The van der Waals surface area contributed by atoms with Crippen LogP contribution in [0.25, 0.3) is 0 Å². The second-order valence-corrected chi connectivity index (χ2v) is 8.14. The topological polar surface area (TPSA) is 73.2 Å². The highest BCUT2D eigenvalue weighted by atomic mass is 32.2. The van der Waals surface area contributed by atoms with E-state index < -0.39 is 15.7 Å². The van der Waals surface area contributed by atoms with E-state index in [2.05, 4.69) is 17.7 Å². The molecule has 2 fully saturated rings. The Morgan fingerprint density at radius 3 is 2.24 bits per heavy atom. The summed E-state index contributed by atoms with van der Waals surface area (Å²) in [6.07, 6.45) is 8.27. The summed E-state index contributed by atoms with van der Waals surface area (Å²) in [5, 5.41) is 9.52. The third-order valence-corrected chi connectivity index (χ3v) is 6.67. The van der Waals surface area contributed by atoms with Gasteiger partial charge in [0, 0.05) is 13.1 Å². The summed E-state index contributed by atoms with van der Waals surface area (Å²) in [5.74, 6) is 0.633. The van der Waals surface area contributed by atoms with Gasteiger partial charge < -0.3 is 0 Å². The van der Waals surface area contributed by atoms with E-state index in [0.717, 1.165) is 44.9 Å². The van der Waals surface area contributed by atoms with Crippen molar-refractivity contribution in [3.05, 3.63) is 0 Å². The molecule has 120 valence electrons. The Kier molecular flexibility index (Phi) is 5.64. The van der Waals surface area contributed by atoms with Crippen LogP contribution < -0.4 is 4.72 Å². The Balaban J connectivity index is 2.05. The van der Waals surface area contributed by atoms with Crippen molar-refractivity contribution >= 4 is 10.2 Å². The minimum atomic E-state index is -3.54. The van der Waals surface area contributed by atoms with Gasteiger partial charge in [-0.2, -0.15) is 22.7 Å². The highest BCUT2D eigenvalue weighted by Crippen LogP contribution is 2.34. The maximum atomic E-state index is 12.6. The summed E-state index contributed by atoms with van der Waals surface area (Å²) < 4.78 is 29.4. The van der Waals surface area contributed by atoms with Gasteiger partial charge in [-0.25, -0.2) is 0 Å². The molecular formula is C15H27N3O2S. The molecule has 5 nitrogen and oxygen atoms in total. The summed E-state index contributed by atoms with van der Waals surface area (Å²) in [5.41, 5.74) is -0.892. The molecule has 1 saturated carbocycles. The van der Waals surface area contributed by atoms with Crippen molar-refractivity contribution in [2.45, 2.75) is 70.3 Å². The molecule has 6 heteroatoms. The lowest BCUT2D eigenvalue weighted by Crippen LogP contribution is -2.54. The second-order valence-electron chi connectivity index (χ2n) is 6.47. The molecule has 0 unspecified atom stereocenters. The number of nitrogens with one attached hydrogen (secondary N) is 1. The molecule has 2 aliphatic rings. The zero-order valence-corrected chi connectivity index (χ0v) is 13.8. The average molecular weight is 313 g/mol. The van der Waals surface area contributed by atoms with E-state index in [0.29, 0.717) is 31.8 Å². The fourth-order valence-corrected chi connectivity index (χ4v) is 5.02. The molecule has 0 aromatic carbocycles. The molecule has 0 bridgehead atoms. The van der Waals surface area contributed by atoms with Crippen LogP contribution in [0.4, 0.5) is 0 Å². The van der Waals surface area contributed by atoms with Gasteiger partial charge in [-0.3, -0.25) is 0 Å². The molecule has 0 aromatic rings. The second kappa shape index (κ2) is 7.08. The first-order chi connectivity index (χ1) is 10.0. The van der Waals surface area contributed by atoms with E-state index in [4.69, 9.17) is 0 Å². The first kappa shape index (κ1) is 16.7. The fraction of sp³-hybridized carbons (Fsp3) is 0.933. The first-order valence-electron chi connectivity index (χ1n) is 8.22. The maximum absolute atomic E-state index is 12.6. The number of nitrogens with zero attached hydrogens (tertiary/aromatic N) is 2. The Morgan fingerprint density at radius 2 is 1.76 bits per heavy atom. The summed E-state index contributed by atoms with van der Waals surface area (Å²) >= 11 is 0. The van der Waals surface area contributed by atoms with Gasteiger partial charge in [0.25, 0.3) is 10.2 Å². The van der Waals surface area contributed by atoms with Crippen LogP contribution >= 0.6 is 0 Å². The third kappa shape index (κ3) is 4.18. The number of nitriles is 1. The van der Waals surface area contributed by atoms with Gasteiger partial charge in [-0.05, 0) is 44.4 Å². The predicted octanol–water partition coefficient (Wildman–Crippen LogP) is 2.56. The minimum Gasteiger partial charge on any atom is -0.196 e. The van der Waals surface area contributed by atoms with Gasteiger partial charge in [0.1, 0.15) is 5.54 Å². The van der Waals surface area contributed by atoms with E-state index in [-0.39, 0.29) is 0 Å². The van der Waals surface area contributed by atoms with Crippen molar-refractivity contribution in [3.63, 3.8) is 0 Å². The van der Waals surface area contributed by atoms with E-state index in [1.54, 1.807) is 0 Å². The van der Waals surface area contributed by atoms with Gasteiger partial charge in [0.2, 0.25) is 0 Å². The lowest BCUT2D eigenvalue weighted by Gasteiger charge is -2.36. The van der Waals surface area contributed by atoms with Crippen LogP contribution in [-0.2, 0) is 10.2 Å². The fourth-order valence-electron chi connectivity index (χ4n) is 3.41. The van der Waals surface area contributed by atoms with E-state index in [1.165, 1.54) is 4.31 Å². The van der Waals surface area contributed by atoms with Crippen molar-refractivity contribution in [1.82, 2.24) is 9.03 Å². The maximum Gasteiger partial charge on any atom is 0.280 e. The van der Waals surface area contributed by atoms with Crippen LogP contribution in [0.5, 0.6) is 0 Å². The van der Waals surface area contributed by atoms with E-state index in [9.17, 15) is 13.7 Å². The number of rotatable bonds is 4. The summed E-state index contributed by atoms with van der Waals surface area (Å²) in [6, 6.07) is 2.26. The lowest BCUT2D eigenvalue weighted by molar-refractivity contribution is 0.254. The first-order valence-corrected chi connectivity index (χ1v) is 9.66. The smallest absolute Gasteiger partial charge is 0.196 e. The van der Waals surface area contributed by atoms with Crippen LogP contribution in [-0.4, -0.2) is 31.4 Å². The minimum absolute atomic E-state index is 0.578.